The molecule has 3 aromatic rings. The van der Waals surface area contributed by atoms with Crippen LogP contribution >= 0.6 is 0 Å². The second-order valence-electron chi connectivity index (χ2n) is 10.1. The molecule has 0 saturated heterocycles. The molecule has 1 aromatic carbocycles. The van der Waals surface area contributed by atoms with Gasteiger partial charge in [0.2, 0.25) is 17.7 Å². The van der Waals surface area contributed by atoms with E-state index >= 15 is 0 Å². The third-order valence-corrected chi connectivity index (χ3v) is 7.02. The summed E-state index contributed by atoms with van der Waals surface area (Å²) in [5, 5.41) is 13.7. The fraction of sp³-hybridized carbons (Fsp3) is 0.393. The second kappa shape index (κ2) is 11.2. The first-order valence-electron chi connectivity index (χ1n) is 13.2. The summed E-state index contributed by atoms with van der Waals surface area (Å²) in [4.78, 5) is 24.2. The molecule has 2 unspecified atom stereocenters. The predicted molar refractivity (Wildman–Crippen MR) is 144 cm³/mol. The van der Waals surface area contributed by atoms with Gasteiger partial charge in [-0.2, -0.15) is 33.0 Å². The SMILES string of the molecule is COc1ccc(C2=NN(CCCOc3ccc(C4=NNC(=O)CC4C)cc3)C(=O)CC2C)c2cc(C(F)(F)F)nn12. The number of aromatic nitrogens is 2. The van der Waals surface area contributed by atoms with Crippen molar-refractivity contribution >= 4 is 28.8 Å². The molecule has 10 nitrogen and oxygen atoms in total. The van der Waals surface area contributed by atoms with Gasteiger partial charge in [-0.25, -0.2) is 10.4 Å². The summed E-state index contributed by atoms with van der Waals surface area (Å²) in [7, 11) is 1.35. The number of alkyl halides is 3. The minimum Gasteiger partial charge on any atom is -0.494 e. The second-order valence-corrected chi connectivity index (χ2v) is 10.1. The molecule has 13 heteroatoms. The summed E-state index contributed by atoms with van der Waals surface area (Å²) < 4.78 is 52.4. The first-order chi connectivity index (χ1) is 19.5. The summed E-state index contributed by atoms with van der Waals surface area (Å²) in [6.07, 6.45) is -3.59. The molecule has 2 atom stereocenters. The smallest absolute Gasteiger partial charge is 0.435 e. The molecule has 2 aliphatic rings. The molecule has 0 bridgehead atoms. The number of nitrogens with zero attached hydrogens (tertiary/aromatic N) is 5. The van der Waals surface area contributed by atoms with Gasteiger partial charge in [0.15, 0.2) is 5.69 Å². The van der Waals surface area contributed by atoms with Gasteiger partial charge in [-0.1, -0.05) is 13.8 Å². The average Bonchev–Trinajstić information content (AvgIpc) is 3.39. The molecule has 216 valence electrons. The summed E-state index contributed by atoms with van der Waals surface area (Å²) in [6.45, 7) is 4.36. The lowest BCUT2D eigenvalue weighted by atomic mass is 9.93. The van der Waals surface area contributed by atoms with Crippen LogP contribution in [0.15, 0.2) is 52.7 Å². The number of pyridine rings is 1. The van der Waals surface area contributed by atoms with Crippen LogP contribution in [0.1, 0.15) is 49.9 Å². The number of ether oxygens (including phenoxy) is 2. The van der Waals surface area contributed by atoms with Gasteiger partial charge in [0.05, 0.1) is 30.7 Å². The van der Waals surface area contributed by atoms with E-state index in [-0.39, 0.29) is 48.0 Å². The molecule has 0 aliphatic carbocycles. The summed E-state index contributed by atoms with van der Waals surface area (Å²) in [5.74, 6) is 0.226. The van der Waals surface area contributed by atoms with Gasteiger partial charge in [0.1, 0.15) is 5.75 Å². The Morgan fingerprint density at radius 1 is 1.02 bits per heavy atom. The maximum Gasteiger partial charge on any atom is 0.435 e. The van der Waals surface area contributed by atoms with Gasteiger partial charge in [-0.3, -0.25) is 9.59 Å². The molecule has 2 aliphatic heterocycles. The quantitative estimate of drug-likeness (QED) is 0.407. The maximum atomic E-state index is 13.4. The van der Waals surface area contributed by atoms with Crippen LogP contribution in [0.4, 0.5) is 13.2 Å². The summed E-state index contributed by atoms with van der Waals surface area (Å²) in [5.41, 5.74) is 4.31. The molecule has 5 rings (SSSR count). The van der Waals surface area contributed by atoms with E-state index in [0.717, 1.165) is 21.9 Å². The molecule has 4 heterocycles. The van der Waals surface area contributed by atoms with E-state index < -0.39 is 11.9 Å². The number of rotatable bonds is 8. The number of fused-ring (bicyclic) bond motifs is 1. The van der Waals surface area contributed by atoms with Gasteiger partial charge >= 0.3 is 6.18 Å². The largest absolute Gasteiger partial charge is 0.494 e. The Labute approximate surface area is 233 Å². The van der Waals surface area contributed by atoms with Crippen molar-refractivity contribution in [2.75, 3.05) is 20.3 Å². The van der Waals surface area contributed by atoms with Crippen LogP contribution in [0.25, 0.3) is 5.52 Å². The third-order valence-electron chi connectivity index (χ3n) is 7.02. The number of nitrogens with one attached hydrogen (secondary N) is 1. The highest BCUT2D eigenvalue weighted by Gasteiger charge is 2.36. The number of hydrazone groups is 2. The van der Waals surface area contributed by atoms with Crippen LogP contribution in [-0.2, 0) is 15.8 Å². The number of methoxy groups -OCH3 is 1. The number of carbonyl (C=O) groups excluding carboxylic acids is 2. The lowest BCUT2D eigenvalue weighted by Crippen LogP contribution is -2.37. The summed E-state index contributed by atoms with van der Waals surface area (Å²) >= 11 is 0. The highest BCUT2D eigenvalue weighted by Crippen LogP contribution is 2.33. The highest BCUT2D eigenvalue weighted by molar-refractivity contribution is 6.10. The van der Waals surface area contributed by atoms with Crippen molar-refractivity contribution in [2.24, 2.45) is 22.0 Å². The van der Waals surface area contributed by atoms with Gasteiger partial charge in [0, 0.05) is 49.3 Å². The van der Waals surface area contributed by atoms with E-state index in [4.69, 9.17) is 9.47 Å². The van der Waals surface area contributed by atoms with E-state index in [0.29, 0.717) is 36.5 Å². The molecular weight excluding hydrogens is 541 g/mol. The fourth-order valence-corrected chi connectivity index (χ4v) is 4.93. The Kier molecular flexibility index (Phi) is 7.70. The predicted octanol–water partition coefficient (Wildman–Crippen LogP) is 4.26. The zero-order valence-electron chi connectivity index (χ0n) is 22.7. The van der Waals surface area contributed by atoms with E-state index in [9.17, 15) is 22.8 Å². The highest BCUT2D eigenvalue weighted by atomic mass is 19.4. The topological polar surface area (TPSA) is 110 Å². The van der Waals surface area contributed by atoms with E-state index in [1.807, 2.05) is 38.1 Å². The number of carbonyl (C=O) groups is 2. The minimum absolute atomic E-state index is 0.0143. The van der Waals surface area contributed by atoms with Crippen LogP contribution in [0.5, 0.6) is 11.6 Å². The number of amides is 2. The van der Waals surface area contributed by atoms with Gasteiger partial charge in [-0.15, -0.1) is 0 Å². The molecule has 0 spiro atoms. The van der Waals surface area contributed by atoms with E-state index in [1.54, 1.807) is 6.07 Å². The minimum atomic E-state index is -4.63. The average molecular weight is 571 g/mol. The Hall–Kier alpha value is -4.42. The standard InChI is InChI=1S/C28H29F3N6O4/c1-16-13-23(38)32-33-26(16)18-5-7-19(8-6-18)41-12-4-11-36-24(39)14-17(2)27(35-36)20-9-10-25(40-3)37-21(20)15-22(34-37)28(29,30)31/h5-10,15-17H,4,11-14H2,1-3H3,(H,32,38). The van der Waals surface area contributed by atoms with Gasteiger partial charge in [-0.05, 0) is 42.0 Å². The third kappa shape index (κ3) is 5.88. The monoisotopic (exact) mass is 570 g/mol. The molecular formula is C28H29F3N6O4. The molecule has 1 N–H and O–H groups in total. The van der Waals surface area contributed by atoms with Crippen LogP contribution in [0.3, 0.4) is 0 Å². The zero-order chi connectivity index (χ0) is 29.3. The first kappa shape index (κ1) is 28.1. The fourth-order valence-electron chi connectivity index (χ4n) is 4.93. The molecule has 41 heavy (non-hydrogen) atoms. The van der Waals surface area contributed by atoms with Crippen molar-refractivity contribution in [3.63, 3.8) is 0 Å². The lowest BCUT2D eigenvalue weighted by Gasteiger charge is -2.28. The first-order valence-corrected chi connectivity index (χ1v) is 13.2. The van der Waals surface area contributed by atoms with Crippen molar-refractivity contribution in [3.05, 3.63) is 59.3 Å². The maximum absolute atomic E-state index is 13.4. The molecule has 0 fully saturated rings. The Morgan fingerprint density at radius 3 is 2.44 bits per heavy atom. The van der Waals surface area contributed by atoms with Crippen LogP contribution in [-0.4, -0.2) is 58.1 Å². The van der Waals surface area contributed by atoms with Crippen molar-refractivity contribution < 1.29 is 32.2 Å². The van der Waals surface area contributed by atoms with Crippen LogP contribution < -0.4 is 14.9 Å². The Morgan fingerprint density at radius 2 is 1.76 bits per heavy atom. The number of hydrogen-bond donors (Lipinski definition) is 1. The van der Waals surface area contributed by atoms with E-state index in [2.05, 4.69) is 20.7 Å². The van der Waals surface area contributed by atoms with Crippen molar-refractivity contribution in [1.29, 1.82) is 0 Å². The Balaban J connectivity index is 1.27. The molecule has 0 saturated carbocycles. The van der Waals surface area contributed by atoms with Crippen molar-refractivity contribution in [1.82, 2.24) is 20.0 Å². The summed E-state index contributed by atoms with van der Waals surface area (Å²) in [6, 6.07) is 11.5. The number of hydrogen-bond acceptors (Lipinski definition) is 7. The van der Waals surface area contributed by atoms with Gasteiger partial charge in [0.25, 0.3) is 0 Å². The number of benzene rings is 1. The zero-order valence-corrected chi connectivity index (χ0v) is 22.7. The van der Waals surface area contributed by atoms with E-state index in [1.165, 1.54) is 18.2 Å². The van der Waals surface area contributed by atoms with Crippen molar-refractivity contribution in [2.45, 2.75) is 39.3 Å². The molecule has 2 amide bonds. The van der Waals surface area contributed by atoms with Crippen LogP contribution in [0.2, 0.25) is 0 Å². The molecule has 2 aromatic heterocycles. The van der Waals surface area contributed by atoms with Crippen LogP contribution in [0, 0.1) is 11.8 Å². The Bertz CT molecular complexity index is 1530. The number of halogens is 3. The molecule has 0 radical (unpaired) electrons. The lowest BCUT2D eigenvalue weighted by molar-refractivity contribution is -0.141. The van der Waals surface area contributed by atoms with Crippen molar-refractivity contribution in [3.8, 4) is 11.6 Å². The normalized spacial score (nSPS) is 19.6. The van der Waals surface area contributed by atoms with Gasteiger partial charge < -0.3 is 9.47 Å².